The van der Waals surface area contributed by atoms with Gasteiger partial charge in [0.25, 0.3) is 0 Å². The SMILES string of the molecule is CCC1CNCCN1C(=O)OCc1c(F)ccc(OCc2cccc(C)c2)c1F. The largest absolute Gasteiger partial charge is 0.486 e. The van der Waals surface area contributed by atoms with E-state index in [4.69, 9.17) is 9.47 Å². The highest BCUT2D eigenvalue weighted by atomic mass is 19.1. The highest BCUT2D eigenvalue weighted by Gasteiger charge is 2.27. The topological polar surface area (TPSA) is 50.8 Å². The molecule has 1 N–H and O–H groups in total. The average Bonchev–Trinajstić information content (AvgIpc) is 2.73. The Morgan fingerprint density at radius 1 is 1.24 bits per heavy atom. The van der Waals surface area contributed by atoms with Crippen molar-refractivity contribution in [1.29, 1.82) is 0 Å². The van der Waals surface area contributed by atoms with E-state index >= 15 is 0 Å². The van der Waals surface area contributed by atoms with Crippen molar-refractivity contribution in [3.05, 3.63) is 64.7 Å². The summed E-state index contributed by atoms with van der Waals surface area (Å²) in [6.45, 7) is 5.44. The Balaban J connectivity index is 1.66. The molecule has 1 aliphatic rings. The summed E-state index contributed by atoms with van der Waals surface area (Å²) in [6.07, 6.45) is 0.204. The van der Waals surface area contributed by atoms with Crippen molar-refractivity contribution >= 4 is 6.09 Å². The Kier molecular flexibility index (Phi) is 7.04. The van der Waals surface area contributed by atoms with Crippen LogP contribution in [0.3, 0.4) is 0 Å². The second-order valence-corrected chi connectivity index (χ2v) is 7.13. The first-order chi connectivity index (χ1) is 14.0. The number of carbonyl (C=O) groups excluding carboxylic acids is 1. The van der Waals surface area contributed by atoms with Crippen molar-refractivity contribution in [3.63, 3.8) is 0 Å². The van der Waals surface area contributed by atoms with Gasteiger partial charge in [0.15, 0.2) is 11.6 Å². The van der Waals surface area contributed by atoms with Gasteiger partial charge in [-0.15, -0.1) is 0 Å². The molecule has 0 saturated carbocycles. The number of hydrogen-bond donors (Lipinski definition) is 1. The Bertz CT molecular complexity index is 860. The van der Waals surface area contributed by atoms with E-state index in [0.717, 1.165) is 23.6 Å². The van der Waals surface area contributed by atoms with Crippen molar-refractivity contribution in [2.45, 2.75) is 39.5 Å². The highest BCUT2D eigenvalue weighted by molar-refractivity contribution is 5.68. The zero-order valence-corrected chi connectivity index (χ0v) is 16.7. The van der Waals surface area contributed by atoms with Crippen LogP contribution in [0.15, 0.2) is 36.4 Å². The second-order valence-electron chi connectivity index (χ2n) is 7.13. The van der Waals surface area contributed by atoms with Crippen LogP contribution in [0.4, 0.5) is 13.6 Å². The molecule has 5 nitrogen and oxygen atoms in total. The van der Waals surface area contributed by atoms with E-state index in [2.05, 4.69) is 5.32 Å². The van der Waals surface area contributed by atoms with Crippen LogP contribution in [0, 0.1) is 18.6 Å². The zero-order valence-electron chi connectivity index (χ0n) is 16.7. The molecule has 1 saturated heterocycles. The van der Waals surface area contributed by atoms with Gasteiger partial charge in [0.2, 0.25) is 0 Å². The summed E-state index contributed by atoms with van der Waals surface area (Å²) >= 11 is 0. The van der Waals surface area contributed by atoms with Crippen LogP contribution in [0.5, 0.6) is 5.75 Å². The van der Waals surface area contributed by atoms with E-state index in [1.165, 1.54) is 6.07 Å². The molecular formula is C22H26F2N2O3. The maximum Gasteiger partial charge on any atom is 0.410 e. The number of piperazine rings is 1. The maximum absolute atomic E-state index is 14.8. The molecule has 0 bridgehead atoms. The number of rotatable bonds is 6. The van der Waals surface area contributed by atoms with Crippen LogP contribution in [0.25, 0.3) is 0 Å². The van der Waals surface area contributed by atoms with Crippen LogP contribution in [-0.2, 0) is 18.0 Å². The maximum atomic E-state index is 14.8. The van der Waals surface area contributed by atoms with Crippen molar-refractivity contribution in [1.82, 2.24) is 10.2 Å². The number of ether oxygens (including phenoxy) is 2. The molecule has 0 spiro atoms. The minimum Gasteiger partial charge on any atom is -0.486 e. The highest BCUT2D eigenvalue weighted by Crippen LogP contribution is 2.25. The van der Waals surface area contributed by atoms with Gasteiger partial charge in [0, 0.05) is 25.7 Å². The smallest absolute Gasteiger partial charge is 0.410 e. The number of aryl methyl sites for hydroxylation is 1. The first kappa shape index (κ1) is 21.0. The van der Waals surface area contributed by atoms with E-state index in [9.17, 15) is 13.6 Å². The standard InChI is InChI=1S/C22H26F2N2O3/c1-3-17-12-25-9-10-26(17)22(27)29-14-18-19(23)7-8-20(21(18)24)28-13-16-6-4-5-15(2)11-16/h4-8,11,17,25H,3,9-10,12-14H2,1-2H3. The third kappa shape index (κ3) is 5.23. The van der Waals surface area contributed by atoms with Gasteiger partial charge in [-0.1, -0.05) is 36.8 Å². The molecule has 1 fully saturated rings. The molecule has 1 atom stereocenters. The summed E-state index contributed by atoms with van der Waals surface area (Å²) in [6, 6.07) is 10.0. The van der Waals surface area contributed by atoms with Crippen LogP contribution in [0.1, 0.15) is 30.0 Å². The molecule has 2 aromatic carbocycles. The molecule has 3 rings (SSSR count). The summed E-state index contributed by atoms with van der Waals surface area (Å²) in [5.41, 5.74) is 1.63. The number of benzene rings is 2. The first-order valence-electron chi connectivity index (χ1n) is 9.79. The lowest BCUT2D eigenvalue weighted by molar-refractivity contribution is 0.0697. The molecule has 1 aliphatic heterocycles. The fourth-order valence-electron chi connectivity index (χ4n) is 3.37. The number of hydrogen-bond acceptors (Lipinski definition) is 4. The number of amides is 1. The molecule has 0 aromatic heterocycles. The van der Waals surface area contributed by atoms with Gasteiger partial charge in [-0.2, -0.15) is 0 Å². The molecule has 7 heteroatoms. The van der Waals surface area contributed by atoms with Gasteiger partial charge >= 0.3 is 6.09 Å². The summed E-state index contributed by atoms with van der Waals surface area (Å²) < 4.78 is 39.7. The number of carbonyl (C=O) groups is 1. The normalized spacial score (nSPS) is 16.6. The molecule has 0 aliphatic carbocycles. The molecule has 1 heterocycles. The third-order valence-corrected chi connectivity index (χ3v) is 5.02. The molecule has 1 amide bonds. The molecular weight excluding hydrogens is 378 g/mol. The van der Waals surface area contributed by atoms with Crippen LogP contribution in [-0.4, -0.2) is 36.7 Å². The van der Waals surface area contributed by atoms with E-state index in [1.54, 1.807) is 4.90 Å². The second kappa shape index (κ2) is 9.69. The van der Waals surface area contributed by atoms with Crippen LogP contribution in [0.2, 0.25) is 0 Å². The first-order valence-corrected chi connectivity index (χ1v) is 9.79. The van der Waals surface area contributed by atoms with Crippen molar-refractivity contribution in [2.24, 2.45) is 0 Å². The van der Waals surface area contributed by atoms with Gasteiger partial charge in [0.1, 0.15) is 19.0 Å². The van der Waals surface area contributed by atoms with E-state index in [0.29, 0.717) is 19.6 Å². The van der Waals surface area contributed by atoms with E-state index < -0.39 is 24.3 Å². The number of halogens is 2. The van der Waals surface area contributed by atoms with Crippen molar-refractivity contribution < 1.29 is 23.0 Å². The van der Waals surface area contributed by atoms with Gasteiger partial charge < -0.3 is 19.7 Å². The fraction of sp³-hybridized carbons (Fsp3) is 0.409. The predicted octanol–water partition coefficient (Wildman–Crippen LogP) is 4.17. The summed E-state index contributed by atoms with van der Waals surface area (Å²) in [7, 11) is 0. The monoisotopic (exact) mass is 404 g/mol. The Hall–Kier alpha value is -2.67. The lowest BCUT2D eigenvalue weighted by Gasteiger charge is -2.34. The zero-order chi connectivity index (χ0) is 20.8. The van der Waals surface area contributed by atoms with Gasteiger partial charge in [-0.3, -0.25) is 0 Å². The quantitative estimate of drug-likeness (QED) is 0.785. The third-order valence-electron chi connectivity index (χ3n) is 5.02. The molecule has 29 heavy (non-hydrogen) atoms. The van der Waals surface area contributed by atoms with Crippen molar-refractivity contribution in [3.8, 4) is 5.75 Å². The summed E-state index contributed by atoms with van der Waals surface area (Å²) in [4.78, 5) is 14.0. The molecule has 156 valence electrons. The average molecular weight is 404 g/mol. The molecule has 0 radical (unpaired) electrons. The van der Waals surface area contributed by atoms with Gasteiger partial charge in [0.05, 0.1) is 5.56 Å². The van der Waals surface area contributed by atoms with Gasteiger partial charge in [-0.25, -0.2) is 13.6 Å². The Labute approximate surface area is 169 Å². The number of nitrogens with zero attached hydrogens (tertiary/aromatic N) is 1. The molecule has 1 unspecified atom stereocenters. The number of nitrogens with one attached hydrogen (secondary N) is 1. The Morgan fingerprint density at radius 3 is 2.83 bits per heavy atom. The summed E-state index contributed by atoms with van der Waals surface area (Å²) in [5, 5.41) is 3.22. The minimum atomic E-state index is -0.849. The lowest BCUT2D eigenvalue weighted by atomic mass is 10.1. The van der Waals surface area contributed by atoms with E-state index in [1.807, 2.05) is 38.1 Å². The van der Waals surface area contributed by atoms with Crippen LogP contribution < -0.4 is 10.1 Å². The summed E-state index contributed by atoms with van der Waals surface area (Å²) in [5.74, 6) is -1.70. The van der Waals surface area contributed by atoms with Crippen LogP contribution >= 0.6 is 0 Å². The van der Waals surface area contributed by atoms with Gasteiger partial charge in [-0.05, 0) is 31.0 Å². The Morgan fingerprint density at radius 2 is 2.07 bits per heavy atom. The molecule has 2 aromatic rings. The van der Waals surface area contributed by atoms with E-state index in [-0.39, 0.29) is 24.0 Å². The van der Waals surface area contributed by atoms with Crippen molar-refractivity contribution in [2.75, 3.05) is 19.6 Å². The predicted molar refractivity (Wildman–Crippen MR) is 106 cm³/mol. The lowest BCUT2D eigenvalue weighted by Crippen LogP contribution is -2.53. The minimum absolute atomic E-state index is 0.00920. The fourth-order valence-corrected chi connectivity index (χ4v) is 3.37.